The topological polar surface area (TPSA) is 29.3 Å². The first-order chi connectivity index (χ1) is 9.08. The van der Waals surface area contributed by atoms with Crippen molar-refractivity contribution in [2.45, 2.75) is 45.2 Å². The Kier molecular flexibility index (Phi) is 5.26. The SMILES string of the molecule is CCC(C)N1CC(N)CC(Cc2ccc(Cl)cc2)C1. The largest absolute Gasteiger partial charge is 0.327 e. The van der Waals surface area contributed by atoms with E-state index in [0.29, 0.717) is 18.0 Å². The van der Waals surface area contributed by atoms with Gasteiger partial charge in [0.2, 0.25) is 0 Å². The van der Waals surface area contributed by atoms with Crippen LogP contribution in [0.2, 0.25) is 5.02 Å². The number of piperidine rings is 1. The van der Waals surface area contributed by atoms with Crippen LogP contribution in [0, 0.1) is 5.92 Å². The Morgan fingerprint density at radius 1 is 1.32 bits per heavy atom. The Hall–Kier alpha value is -0.570. The molecular weight excluding hydrogens is 256 g/mol. The molecule has 0 amide bonds. The normalized spacial score (nSPS) is 26.3. The summed E-state index contributed by atoms with van der Waals surface area (Å²) < 4.78 is 0. The zero-order valence-electron chi connectivity index (χ0n) is 12.0. The molecule has 0 spiro atoms. The van der Waals surface area contributed by atoms with Gasteiger partial charge >= 0.3 is 0 Å². The van der Waals surface area contributed by atoms with E-state index in [1.807, 2.05) is 12.1 Å². The number of hydrogen-bond donors (Lipinski definition) is 1. The number of nitrogens with two attached hydrogens (primary N) is 1. The predicted molar refractivity (Wildman–Crippen MR) is 82.6 cm³/mol. The lowest BCUT2D eigenvalue weighted by Gasteiger charge is -2.39. The highest BCUT2D eigenvalue weighted by Gasteiger charge is 2.27. The fourth-order valence-corrected chi connectivity index (χ4v) is 3.13. The van der Waals surface area contributed by atoms with Crippen molar-refractivity contribution in [3.8, 4) is 0 Å². The summed E-state index contributed by atoms with van der Waals surface area (Å²) in [5, 5.41) is 0.810. The van der Waals surface area contributed by atoms with Gasteiger partial charge in [-0.3, -0.25) is 4.90 Å². The third-order valence-electron chi connectivity index (χ3n) is 4.25. The van der Waals surface area contributed by atoms with E-state index in [-0.39, 0.29) is 0 Å². The summed E-state index contributed by atoms with van der Waals surface area (Å²) in [6.45, 7) is 6.77. The average Bonchev–Trinajstić information content (AvgIpc) is 2.40. The summed E-state index contributed by atoms with van der Waals surface area (Å²) in [7, 11) is 0. The maximum absolute atomic E-state index is 6.22. The Balaban J connectivity index is 1.97. The van der Waals surface area contributed by atoms with Crippen LogP contribution in [0.5, 0.6) is 0 Å². The smallest absolute Gasteiger partial charge is 0.0406 e. The van der Waals surface area contributed by atoms with Crippen molar-refractivity contribution >= 4 is 11.6 Å². The van der Waals surface area contributed by atoms with Gasteiger partial charge in [-0.15, -0.1) is 0 Å². The highest BCUT2D eigenvalue weighted by atomic mass is 35.5. The molecule has 2 rings (SSSR count). The molecule has 2 nitrogen and oxygen atoms in total. The van der Waals surface area contributed by atoms with Gasteiger partial charge in [-0.05, 0) is 49.8 Å². The van der Waals surface area contributed by atoms with Crippen molar-refractivity contribution in [1.82, 2.24) is 4.90 Å². The monoisotopic (exact) mass is 280 g/mol. The molecule has 0 bridgehead atoms. The molecule has 1 aromatic rings. The molecule has 1 fully saturated rings. The summed E-state index contributed by atoms with van der Waals surface area (Å²) in [5.74, 6) is 0.666. The van der Waals surface area contributed by atoms with Crippen LogP contribution in [0.1, 0.15) is 32.3 Å². The van der Waals surface area contributed by atoms with E-state index in [2.05, 4.69) is 30.9 Å². The average molecular weight is 281 g/mol. The molecule has 0 radical (unpaired) electrons. The Bertz CT molecular complexity index is 390. The number of rotatable bonds is 4. The number of likely N-dealkylation sites (tertiary alicyclic amines) is 1. The molecule has 1 saturated heterocycles. The Morgan fingerprint density at radius 2 is 2.00 bits per heavy atom. The highest BCUT2D eigenvalue weighted by Crippen LogP contribution is 2.23. The second-order valence-electron chi connectivity index (χ2n) is 5.90. The molecule has 1 aliphatic rings. The minimum Gasteiger partial charge on any atom is -0.327 e. The first kappa shape index (κ1) is 14.8. The van der Waals surface area contributed by atoms with Gasteiger partial charge < -0.3 is 5.73 Å². The second-order valence-corrected chi connectivity index (χ2v) is 6.34. The molecule has 0 saturated carbocycles. The summed E-state index contributed by atoms with van der Waals surface area (Å²) in [5.41, 5.74) is 7.59. The first-order valence-electron chi connectivity index (χ1n) is 7.32. The van der Waals surface area contributed by atoms with Crippen LogP contribution in [-0.4, -0.2) is 30.1 Å². The number of nitrogens with zero attached hydrogens (tertiary/aromatic N) is 1. The van der Waals surface area contributed by atoms with Crippen molar-refractivity contribution in [2.24, 2.45) is 11.7 Å². The van der Waals surface area contributed by atoms with Crippen molar-refractivity contribution in [3.63, 3.8) is 0 Å². The molecule has 3 heteroatoms. The van der Waals surface area contributed by atoms with Gasteiger partial charge in [0, 0.05) is 30.2 Å². The van der Waals surface area contributed by atoms with E-state index < -0.39 is 0 Å². The van der Waals surface area contributed by atoms with E-state index in [4.69, 9.17) is 17.3 Å². The van der Waals surface area contributed by atoms with Crippen LogP contribution in [0.25, 0.3) is 0 Å². The van der Waals surface area contributed by atoms with E-state index in [9.17, 15) is 0 Å². The van der Waals surface area contributed by atoms with E-state index in [1.165, 1.54) is 18.5 Å². The molecular formula is C16H25ClN2. The van der Waals surface area contributed by atoms with Gasteiger partial charge in [0.1, 0.15) is 0 Å². The summed E-state index contributed by atoms with van der Waals surface area (Å²) in [4.78, 5) is 2.55. The van der Waals surface area contributed by atoms with Gasteiger partial charge in [-0.1, -0.05) is 30.7 Å². The fraction of sp³-hybridized carbons (Fsp3) is 0.625. The minimum absolute atomic E-state index is 0.319. The maximum atomic E-state index is 6.22. The van der Waals surface area contributed by atoms with Crippen LogP contribution in [0.15, 0.2) is 24.3 Å². The lowest BCUT2D eigenvalue weighted by molar-refractivity contribution is 0.114. The lowest BCUT2D eigenvalue weighted by atomic mass is 9.88. The van der Waals surface area contributed by atoms with Crippen molar-refractivity contribution in [3.05, 3.63) is 34.9 Å². The molecule has 1 heterocycles. The Morgan fingerprint density at radius 3 is 2.63 bits per heavy atom. The fourth-order valence-electron chi connectivity index (χ4n) is 3.00. The molecule has 3 atom stereocenters. The van der Waals surface area contributed by atoms with Gasteiger partial charge in [0.25, 0.3) is 0 Å². The number of hydrogen-bond acceptors (Lipinski definition) is 2. The van der Waals surface area contributed by atoms with Crippen LogP contribution >= 0.6 is 11.6 Å². The first-order valence-corrected chi connectivity index (χ1v) is 7.70. The van der Waals surface area contributed by atoms with Crippen LogP contribution in [-0.2, 0) is 6.42 Å². The lowest BCUT2D eigenvalue weighted by Crippen LogP contribution is -2.50. The van der Waals surface area contributed by atoms with Gasteiger partial charge in [-0.2, -0.15) is 0 Å². The summed E-state index contributed by atoms with van der Waals surface area (Å²) in [6, 6.07) is 9.18. The third-order valence-corrected chi connectivity index (χ3v) is 4.50. The van der Waals surface area contributed by atoms with Crippen LogP contribution < -0.4 is 5.73 Å². The standard InChI is InChI=1S/C16H25ClN2/c1-3-12(2)19-10-14(9-16(18)11-19)8-13-4-6-15(17)7-5-13/h4-7,12,14,16H,3,8-11,18H2,1-2H3. The van der Waals surface area contributed by atoms with Crippen LogP contribution in [0.3, 0.4) is 0 Å². The van der Waals surface area contributed by atoms with E-state index >= 15 is 0 Å². The quantitative estimate of drug-likeness (QED) is 0.917. The van der Waals surface area contributed by atoms with Crippen molar-refractivity contribution in [1.29, 1.82) is 0 Å². The third kappa shape index (κ3) is 4.20. The molecule has 106 valence electrons. The maximum Gasteiger partial charge on any atom is 0.0406 e. The number of benzene rings is 1. The molecule has 1 aliphatic heterocycles. The molecule has 2 N–H and O–H groups in total. The van der Waals surface area contributed by atoms with Gasteiger partial charge in [0.15, 0.2) is 0 Å². The molecule has 1 aromatic carbocycles. The Labute approximate surface area is 121 Å². The zero-order chi connectivity index (χ0) is 13.8. The molecule has 3 unspecified atom stereocenters. The van der Waals surface area contributed by atoms with Crippen molar-refractivity contribution in [2.75, 3.05) is 13.1 Å². The molecule has 0 aromatic heterocycles. The predicted octanol–water partition coefficient (Wildman–Crippen LogP) is 3.33. The van der Waals surface area contributed by atoms with E-state index in [1.54, 1.807) is 0 Å². The highest BCUT2D eigenvalue weighted by molar-refractivity contribution is 6.30. The van der Waals surface area contributed by atoms with E-state index in [0.717, 1.165) is 24.4 Å². The minimum atomic E-state index is 0.319. The van der Waals surface area contributed by atoms with Crippen LogP contribution in [0.4, 0.5) is 0 Å². The van der Waals surface area contributed by atoms with Crippen molar-refractivity contribution < 1.29 is 0 Å². The summed E-state index contributed by atoms with van der Waals surface area (Å²) >= 11 is 5.93. The second kappa shape index (κ2) is 6.74. The van der Waals surface area contributed by atoms with Gasteiger partial charge in [0.05, 0.1) is 0 Å². The summed E-state index contributed by atoms with van der Waals surface area (Å²) in [6.07, 6.45) is 3.44. The number of halogens is 1. The van der Waals surface area contributed by atoms with Gasteiger partial charge in [-0.25, -0.2) is 0 Å². The zero-order valence-corrected chi connectivity index (χ0v) is 12.7. The molecule has 19 heavy (non-hydrogen) atoms. The molecule has 0 aliphatic carbocycles.